The first kappa shape index (κ1) is 24.5. The highest BCUT2D eigenvalue weighted by Gasteiger charge is 2.30. The Labute approximate surface area is 211 Å². The van der Waals surface area contributed by atoms with Gasteiger partial charge in [-0.15, -0.1) is 0 Å². The van der Waals surface area contributed by atoms with Gasteiger partial charge in [0.05, 0.1) is 10.3 Å². The van der Waals surface area contributed by atoms with E-state index in [0.29, 0.717) is 32.7 Å². The third-order valence-corrected chi connectivity index (χ3v) is 6.60. The van der Waals surface area contributed by atoms with Crippen molar-refractivity contribution in [1.29, 1.82) is 0 Å². The number of aromatic nitrogens is 2. The molecule has 4 heterocycles. The van der Waals surface area contributed by atoms with Crippen molar-refractivity contribution in [2.24, 2.45) is 0 Å². The fourth-order valence-corrected chi connectivity index (χ4v) is 4.67. The van der Waals surface area contributed by atoms with Gasteiger partial charge < -0.3 is 24.0 Å². The van der Waals surface area contributed by atoms with Gasteiger partial charge in [0.1, 0.15) is 11.2 Å². The van der Waals surface area contributed by atoms with E-state index in [2.05, 4.69) is 9.88 Å². The Morgan fingerprint density at radius 1 is 1.14 bits per heavy atom. The number of anilines is 1. The molecule has 37 heavy (non-hydrogen) atoms. The number of piperazine rings is 1. The number of nitro groups is 1. The summed E-state index contributed by atoms with van der Waals surface area (Å²) < 4.78 is 12.4. The first-order chi connectivity index (χ1) is 17.5. The van der Waals surface area contributed by atoms with Gasteiger partial charge in [-0.3, -0.25) is 19.8 Å². The van der Waals surface area contributed by atoms with E-state index in [9.17, 15) is 24.8 Å². The summed E-state index contributed by atoms with van der Waals surface area (Å²) in [4.78, 5) is 44.7. The van der Waals surface area contributed by atoms with E-state index in [1.54, 1.807) is 4.57 Å². The average Bonchev–Trinajstić information content (AvgIpc) is 3.31. The Kier molecular flexibility index (Phi) is 5.98. The molecule has 1 N–H and O–H groups in total. The van der Waals surface area contributed by atoms with E-state index in [-0.39, 0.29) is 29.3 Å². The second-order valence-electron chi connectivity index (χ2n) is 10.1. The molecule has 12 heteroatoms. The standard InChI is InChI=1S/C25H27N5O7/c1-25(2,3)29-13-17(24(32)33)21(31)16-11-18(30(34)35)23(26-22(16)29)28-8-6-27(7-9-28)12-15-4-5-19-20(10-15)37-14-36-19/h4-5,10-11,13H,6-9,12,14H2,1-3H3,(H,32,33). The SMILES string of the molecule is CC(C)(C)n1cc(C(=O)O)c(=O)c2cc([N+](=O)[O-])c(N3CCN(Cc4ccc5c(c4)OCO5)CC3)nc21. The molecule has 1 fully saturated rings. The molecule has 0 radical (unpaired) electrons. The van der Waals surface area contributed by atoms with Gasteiger partial charge in [0, 0.05) is 50.5 Å². The maximum absolute atomic E-state index is 12.9. The molecular formula is C25H27N5O7. The van der Waals surface area contributed by atoms with Crippen LogP contribution in [0.25, 0.3) is 11.0 Å². The normalized spacial score (nSPS) is 15.8. The lowest BCUT2D eigenvalue weighted by molar-refractivity contribution is -0.384. The zero-order chi connectivity index (χ0) is 26.5. The molecule has 2 aliphatic heterocycles. The summed E-state index contributed by atoms with van der Waals surface area (Å²) in [5, 5.41) is 21.4. The summed E-state index contributed by atoms with van der Waals surface area (Å²) in [5.41, 5.74) is -0.902. The minimum atomic E-state index is -1.39. The number of ether oxygens (including phenoxy) is 2. The summed E-state index contributed by atoms with van der Waals surface area (Å²) in [5.74, 6) is 0.228. The molecule has 0 bridgehead atoms. The molecule has 194 valence electrons. The Bertz CT molecular complexity index is 1470. The van der Waals surface area contributed by atoms with Crippen molar-refractivity contribution in [3.63, 3.8) is 0 Å². The molecule has 0 atom stereocenters. The number of carboxylic acids is 1. The first-order valence-corrected chi connectivity index (χ1v) is 11.9. The molecule has 0 unspecified atom stereocenters. The molecule has 2 aromatic heterocycles. The molecule has 1 saturated heterocycles. The quantitative estimate of drug-likeness (QED) is 0.403. The topological polar surface area (TPSA) is 140 Å². The van der Waals surface area contributed by atoms with Crippen molar-refractivity contribution in [3.05, 3.63) is 61.9 Å². The van der Waals surface area contributed by atoms with Crippen LogP contribution in [0.1, 0.15) is 36.7 Å². The first-order valence-electron chi connectivity index (χ1n) is 11.9. The molecule has 0 amide bonds. The Morgan fingerprint density at radius 3 is 2.49 bits per heavy atom. The number of nitrogens with zero attached hydrogens (tertiary/aromatic N) is 5. The van der Waals surface area contributed by atoms with Crippen molar-refractivity contribution in [3.8, 4) is 11.5 Å². The minimum absolute atomic E-state index is 0.0910. The molecule has 2 aliphatic rings. The third kappa shape index (κ3) is 4.55. The lowest BCUT2D eigenvalue weighted by Crippen LogP contribution is -2.46. The summed E-state index contributed by atoms with van der Waals surface area (Å²) >= 11 is 0. The van der Waals surface area contributed by atoms with Crippen molar-refractivity contribution in [2.45, 2.75) is 32.9 Å². The monoisotopic (exact) mass is 509 g/mol. The second kappa shape index (κ2) is 9.04. The third-order valence-electron chi connectivity index (χ3n) is 6.60. The van der Waals surface area contributed by atoms with E-state index in [4.69, 9.17) is 9.47 Å². The van der Waals surface area contributed by atoms with Gasteiger partial charge in [-0.2, -0.15) is 0 Å². The Hall–Kier alpha value is -4.19. The number of benzene rings is 1. The van der Waals surface area contributed by atoms with Crippen LogP contribution in [0.15, 0.2) is 35.3 Å². The molecule has 0 aliphatic carbocycles. The number of aromatic carboxylic acids is 1. The van der Waals surface area contributed by atoms with E-state index >= 15 is 0 Å². The zero-order valence-corrected chi connectivity index (χ0v) is 20.8. The van der Waals surface area contributed by atoms with Crippen LogP contribution in [0.2, 0.25) is 0 Å². The number of hydrogen-bond donors (Lipinski definition) is 1. The number of carbonyl (C=O) groups is 1. The van der Waals surface area contributed by atoms with Gasteiger partial charge in [0.15, 0.2) is 11.5 Å². The van der Waals surface area contributed by atoms with Crippen LogP contribution >= 0.6 is 0 Å². The van der Waals surface area contributed by atoms with Crippen molar-refractivity contribution in [2.75, 3.05) is 37.9 Å². The molecule has 12 nitrogen and oxygen atoms in total. The van der Waals surface area contributed by atoms with Crippen molar-refractivity contribution >= 4 is 28.5 Å². The smallest absolute Gasteiger partial charge is 0.341 e. The van der Waals surface area contributed by atoms with Crippen molar-refractivity contribution < 1.29 is 24.3 Å². The van der Waals surface area contributed by atoms with Crippen LogP contribution in [-0.4, -0.2) is 63.4 Å². The van der Waals surface area contributed by atoms with Crippen molar-refractivity contribution in [1.82, 2.24) is 14.5 Å². The van der Waals surface area contributed by atoms with E-state index in [1.807, 2.05) is 43.9 Å². The summed E-state index contributed by atoms with van der Waals surface area (Å²) in [6, 6.07) is 7.00. The summed E-state index contributed by atoms with van der Waals surface area (Å²) in [6.07, 6.45) is 1.26. The predicted octanol–water partition coefficient (Wildman–Crippen LogP) is 2.81. The number of fused-ring (bicyclic) bond motifs is 2. The van der Waals surface area contributed by atoms with Crippen LogP contribution < -0.4 is 19.8 Å². The molecule has 1 aromatic carbocycles. The van der Waals surface area contributed by atoms with Gasteiger partial charge >= 0.3 is 11.7 Å². The van der Waals surface area contributed by atoms with E-state index < -0.39 is 27.4 Å². The molecule has 3 aromatic rings. The Balaban J connectivity index is 1.46. The van der Waals surface area contributed by atoms with Crippen LogP contribution in [0, 0.1) is 10.1 Å². The van der Waals surface area contributed by atoms with Gasteiger partial charge in [-0.25, -0.2) is 9.78 Å². The van der Waals surface area contributed by atoms with E-state index in [1.165, 1.54) is 6.20 Å². The Morgan fingerprint density at radius 2 is 1.84 bits per heavy atom. The van der Waals surface area contributed by atoms with Gasteiger partial charge in [-0.1, -0.05) is 6.07 Å². The average molecular weight is 510 g/mol. The summed E-state index contributed by atoms with van der Waals surface area (Å²) in [7, 11) is 0. The van der Waals surface area contributed by atoms with Crippen LogP contribution in [0.5, 0.6) is 11.5 Å². The van der Waals surface area contributed by atoms with Gasteiger partial charge in [-0.05, 0) is 38.5 Å². The highest BCUT2D eigenvalue weighted by Crippen LogP contribution is 2.34. The zero-order valence-electron chi connectivity index (χ0n) is 20.8. The number of pyridine rings is 2. The number of rotatable bonds is 5. The van der Waals surface area contributed by atoms with E-state index in [0.717, 1.165) is 23.1 Å². The lowest BCUT2D eigenvalue weighted by Gasteiger charge is -2.35. The predicted molar refractivity (Wildman–Crippen MR) is 135 cm³/mol. The van der Waals surface area contributed by atoms with Crippen LogP contribution in [0.4, 0.5) is 11.5 Å². The number of carboxylic acid groups (broad SMARTS) is 1. The van der Waals surface area contributed by atoms with Crippen LogP contribution in [0.3, 0.4) is 0 Å². The number of hydrogen-bond acceptors (Lipinski definition) is 9. The highest BCUT2D eigenvalue weighted by atomic mass is 16.7. The fraction of sp³-hybridized carbons (Fsp3) is 0.400. The molecule has 5 rings (SSSR count). The summed E-state index contributed by atoms with van der Waals surface area (Å²) in [6.45, 7) is 8.74. The molecule has 0 saturated carbocycles. The van der Waals surface area contributed by atoms with Gasteiger partial charge in [0.2, 0.25) is 18.0 Å². The highest BCUT2D eigenvalue weighted by molar-refractivity contribution is 5.93. The second-order valence-corrected chi connectivity index (χ2v) is 10.1. The van der Waals surface area contributed by atoms with Crippen LogP contribution in [-0.2, 0) is 12.1 Å². The minimum Gasteiger partial charge on any atom is -0.477 e. The van der Waals surface area contributed by atoms with Gasteiger partial charge in [0.25, 0.3) is 0 Å². The fourth-order valence-electron chi connectivity index (χ4n) is 4.67. The molecule has 0 spiro atoms. The maximum atomic E-state index is 12.9. The largest absolute Gasteiger partial charge is 0.477 e. The lowest BCUT2D eigenvalue weighted by atomic mass is 10.1. The maximum Gasteiger partial charge on any atom is 0.341 e. The molecular weight excluding hydrogens is 482 g/mol.